The van der Waals surface area contributed by atoms with Crippen molar-refractivity contribution in [2.75, 3.05) is 27.2 Å². The van der Waals surface area contributed by atoms with E-state index in [2.05, 4.69) is 10.0 Å². The normalized spacial score (nSPS) is 12.1. The van der Waals surface area contributed by atoms with Crippen LogP contribution in [-0.2, 0) is 16.8 Å². The Hall–Kier alpha value is -0.730. The second-order valence-electron chi connectivity index (χ2n) is 4.35. The Bertz CT molecular complexity index is 540. The van der Waals surface area contributed by atoms with Gasteiger partial charge in [0.2, 0.25) is 0 Å². The van der Waals surface area contributed by atoms with E-state index in [0.717, 1.165) is 13.0 Å². The maximum atomic E-state index is 13.0. The first-order valence-corrected chi connectivity index (χ1v) is 7.98. The molecule has 0 spiro atoms. The molecule has 2 N–H and O–H groups in total. The molecular weight excluding hydrogens is 305 g/mol. The maximum Gasteiger partial charge on any atom is 0.279 e. The van der Waals surface area contributed by atoms with Crippen LogP contribution in [0, 0.1) is 5.82 Å². The molecule has 0 saturated carbocycles. The molecule has 0 aliphatic rings. The van der Waals surface area contributed by atoms with Crippen LogP contribution in [0.4, 0.5) is 4.39 Å². The standard InChI is InChI=1S/C12H19ClFN3O2S/c1-15-6-3-7-17(2)20(18,19)16-9-10-4-5-12(14)11(13)8-10/h4-5,8,15-16H,3,6-7,9H2,1-2H3. The Balaban J connectivity index is 2.55. The molecule has 114 valence electrons. The smallest absolute Gasteiger partial charge is 0.279 e. The summed E-state index contributed by atoms with van der Waals surface area (Å²) < 4.78 is 40.6. The molecule has 0 aliphatic heterocycles. The molecule has 0 saturated heterocycles. The molecule has 0 unspecified atom stereocenters. The number of nitrogens with one attached hydrogen (secondary N) is 2. The molecule has 20 heavy (non-hydrogen) atoms. The lowest BCUT2D eigenvalue weighted by atomic mass is 10.2. The molecule has 0 heterocycles. The fourth-order valence-corrected chi connectivity index (χ4v) is 2.68. The lowest BCUT2D eigenvalue weighted by molar-refractivity contribution is 0.447. The number of hydrogen-bond acceptors (Lipinski definition) is 3. The average Bonchev–Trinajstić information content (AvgIpc) is 2.40. The number of benzene rings is 1. The van der Waals surface area contributed by atoms with Gasteiger partial charge in [0.1, 0.15) is 5.82 Å². The quantitative estimate of drug-likeness (QED) is 0.710. The molecule has 0 aliphatic carbocycles. The Morgan fingerprint density at radius 1 is 1.40 bits per heavy atom. The third-order valence-electron chi connectivity index (χ3n) is 2.75. The van der Waals surface area contributed by atoms with E-state index in [0.29, 0.717) is 12.1 Å². The van der Waals surface area contributed by atoms with Crippen molar-refractivity contribution in [2.24, 2.45) is 0 Å². The first kappa shape index (κ1) is 17.3. The highest BCUT2D eigenvalue weighted by atomic mass is 35.5. The summed E-state index contributed by atoms with van der Waals surface area (Å²) in [5, 5.41) is 2.93. The van der Waals surface area contributed by atoms with Crippen molar-refractivity contribution in [1.82, 2.24) is 14.3 Å². The van der Waals surface area contributed by atoms with Crippen LogP contribution in [0.5, 0.6) is 0 Å². The van der Waals surface area contributed by atoms with Gasteiger partial charge in [-0.3, -0.25) is 0 Å². The second-order valence-corrected chi connectivity index (χ2v) is 6.62. The summed E-state index contributed by atoms with van der Waals surface area (Å²) in [4.78, 5) is 0. The van der Waals surface area contributed by atoms with E-state index < -0.39 is 16.0 Å². The first-order valence-electron chi connectivity index (χ1n) is 6.16. The van der Waals surface area contributed by atoms with Gasteiger partial charge in [0.25, 0.3) is 10.2 Å². The zero-order valence-corrected chi connectivity index (χ0v) is 13.1. The summed E-state index contributed by atoms with van der Waals surface area (Å²) in [6.07, 6.45) is 0.719. The van der Waals surface area contributed by atoms with Crippen LogP contribution in [-0.4, -0.2) is 39.9 Å². The lowest BCUT2D eigenvalue weighted by Gasteiger charge is -2.17. The van der Waals surface area contributed by atoms with Gasteiger partial charge in [-0.2, -0.15) is 17.4 Å². The lowest BCUT2D eigenvalue weighted by Crippen LogP contribution is -2.38. The minimum absolute atomic E-state index is 0.0240. The Morgan fingerprint density at radius 3 is 2.70 bits per heavy atom. The average molecular weight is 324 g/mol. The van der Waals surface area contributed by atoms with Gasteiger partial charge in [-0.1, -0.05) is 17.7 Å². The van der Waals surface area contributed by atoms with Gasteiger partial charge in [-0.15, -0.1) is 0 Å². The van der Waals surface area contributed by atoms with Crippen LogP contribution in [0.3, 0.4) is 0 Å². The van der Waals surface area contributed by atoms with Gasteiger partial charge >= 0.3 is 0 Å². The monoisotopic (exact) mass is 323 g/mol. The molecule has 8 heteroatoms. The molecule has 0 amide bonds. The molecule has 0 atom stereocenters. The SMILES string of the molecule is CNCCCN(C)S(=O)(=O)NCc1ccc(F)c(Cl)c1. The van der Waals surface area contributed by atoms with E-state index >= 15 is 0 Å². The number of halogens is 2. The van der Waals surface area contributed by atoms with Crippen molar-refractivity contribution in [3.8, 4) is 0 Å². The molecule has 0 radical (unpaired) electrons. The van der Waals surface area contributed by atoms with Crippen molar-refractivity contribution in [3.05, 3.63) is 34.6 Å². The summed E-state index contributed by atoms with van der Waals surface area (Å²) in [7, 11) is -0.223. The van der Waals surface area contributed by atoms with Crippen molar-refractivity contribution in [1.29, 1.82) is 0 Å². The van der Waals surface area contributed by atoms with E-state index in [1.807, 2.05) is 7.05 Å². The molecule has 1 aromatic rings. The third-order valence-corrected chi connectivity index (χ3v) is 4.55. The van der Waals surface area contributed by atoms with Gasteiger partial charge in [-0.05, 0) is 37.7 Å². The summed E-state index contributed by atoms with van der Waals surface area (Å²) in [6.45, 7) is 1.23. The minimum Gasteiger partial charge on any atom is -0.320 e. The molecule has 0 fully saturated rings. The Morgan fingerprint density at radius 2 is 2.10 bits per heavy atom. The van der Waals surface area contributed by atoms with Gasteiger partial charge in [0.05, 0.1) is 5.02 Å². The Kier molecular flexibility index (Phi) is 6.84. The van der Waals surface area contributed by atoms with E-state index in [1.54, 1.807) is 0 Å². The van der Waals surface area contributed by atoms with Gasteiger partial charge in [0, 0.05) is 20.1 Å². The fraction of sp³-hybridized carbons (Fsp3) is 0.500. The maximum absolute atomic E-state index is 13.0. The van der Waals surface area contributed by atoms with Crippen molar-refractivity contribution >= 4 is 21.8 Å². The first-order chi connectivity index (χ1) is 9.36. The van der Waals surface area contributed by atoms with Crippen LogP contribution in [0.2, 0.25) is 5.02 Å². The topological polar surface area (TPSA) is 61.4 Å². The van der Waals surface area contributed by atoms with Crippen LogP contribution in [0.1, 0.15) is 12.0 Å². The van der Waals surface area contributed by atoms with E-state index in [1.165, 1.54) is 29.6 Å². The zero-order valence-electron chi connectivity index (χ0n) is 11.5. The van der Waals surface area contributed by atoms with Crippen LogP contribution < -0.4 is 10.0 Å². The van der Waals surface area contributed by atoms with Crippen LogP contribution in [0.15, 0.2) is 18.2 Å². The number of rotatable bonds is 8. The van der Waals surface area contributed by atoms with E-state index in [9.17, 15) is 12.8 Å². The Labute approximate surface area is 124 Å². The highest BCUT2D eigenvalue weighted by molar-refractivity contribution is 7.87. The predicted molar refractivity (Wildman–Crippen MR) is 78.3 cm³/mol. The molecule has 1 aromatic carbocycles. The van der Waals surface area contributed by atoms with Crippen molar-refractivity contribution < 1.29 is 12.8 Å². The summed E-state index contributed by atoms with van der Waals surface area (Å²) >= 11 is 5.64. The predicted octanol–water partition coefficient (Wildman–Crippen LogP) is 1.35. The molecule has 0 bridgehead atoms. The largest absolute Gasteiger partial charge is 0.320 e. The molecule has 5 nitrogen and oxygen atoms in total. The fourth-order valence-electron chi connectivity index (χ4n) is 1.53. The number of hydrogen-bond donors (Lipinski definition) is 2. The minimum atomic E-state index is -3.54. The van der Waals surface area contributed by atoms with Gasteiger partial charge < -0.3 is 5.32 Å². The highest BCUT2D eigenvalue weighted by Gasteiger charge is 2.16. The van der Waals surface area contributed by atoms with Gasteiger partial charge in [0.15, 0.2) is 0 Å². The third kappa shape index (κ3) is 5.34. The van der Waals surface area contributed by atoms with Crippen LogP contribution in [0.25, 0.3) is 0 Å². The van der Waals surface area contributed by atoms with E-state index in [-0.39, 0.29) is 11.6 Å². The molecule has 1 rings (SSSR count). The van der Waals surface area contributed by atoms with Crippen molar-refractivity contribution in [2.45, 2.75) is 13.0 Å². The zero-order chi connectivity index (χ0) is 15.2. The summed E-state index contributed by atoms with van der Waals surface area (Å²) in [6, 6.07) is 4.10. The summed E-state index contributed by atoms with van der Waals surface area (Å²) in [5.74, 6) is -0.526. The highest BCUT2D eigenvalue weighted by Crippen LogP contribution is 2.16. The number of nitrogens with zero attached hydrogens (tertiary/aromatic N) is 1. The van der Waals surface area contributed by atoms with Gasteiger partial charge in [-0.25, -0.2) is 4.39 Å². The molecular formula is C12H19ClFN3O2S. The van der Waals surface area contributed by atoms with Crippen molar-refractivity contribution in [3.63, 3.8) is 0 Å². The second kappa shape index (κ2) is 7.90. The summed E-state index contributed by atoms with van der Waals surface area (Å²) in [5.41, 5.74) is 0.601. The van der Waals surface area contributed by atoms with E-state index in [4.69, 9.17) is 11.6 Å². The van der Waals surface area contributed by atoms with Crippen LogP contribution >= 0.6 is 11.6 Å². The molecule has 0 aromatic heterocycles.